The topological polar surface area (TPSA) is 54.0 Å². The van der Waals surface area contributed by atoms with Crippen LogP contribution >= 0.6 is 15.9 Å². The summed E-state index contributed by atoms with van der Waals surface area (Å²) in [7, 11) is 0. The van der Waals surface area contributed by atoms with Gasteiger partial charge >= 0.3 is 0 Å². The highest BCUT2D eigenvalue weighted by molar-refractivity contribution is 9.10. The van der Waals surface area contributed by atoms with Gasteiger partial charge in [-0.25, -0.2) is 4.98 Å². The number of amides is 1. The van der Waals surface area contributed by atoms with Gasteiger partial charge in [-0.05, 0) is 95.8 Å². The summed E-state index contributed by atoms with van der Waals surface area (Å²) in [6.45, 7) is 4.91. The molecule has 2 N–H and O–H groups in total. The highest BCUT2D eigenvalue weighted by atomic mass is 79.9. The molecule has 28 heavy (non-hydrogen) atoms. The zero-order chi connectivity index (χ0) is 19.5. The summed E-state index contributed by atoms with van der Waals surface area (Å²) >= 11 is 3.65. The Hall–Kier alpha value is -1.36. The van der Waals surface area contributed by atoms with Gasteiger partial charge in [-0.2, -0.15) is 0 Å². The average Bonchev–Trinajstić information content (AvgIpc) is 3.01. The molecule has 1 aliphatic heterocycles. The normalized spacial score (nSPS) is 44.2. The van der Waals surface area contributed by atoms with E-state index in [1.807, 2.05) is 12.3 Å². The molecular formula is C23H30BrN3O. The van der Waals surface area contributed by atoms with Crippen LogP contribution in [0.4, 0.5) is 5.82 Å². The second-order valence-corrected chi connectivity index (χ2v) is 10.7. The molecule has 7 atom stereocenters. The van der Waals surface area contributed by atoms with Crippen LogP contribution in [0.2, 0.25) is 0 Å². The van der Waals surface area contributed by atoms with Crippen molar-refractivity contribution in [1.29, 1.82) is 0 Å². The molecule has 4 aliphatic rings. The fourth-order valence-corrected chi connectivity index (χ4v) is 7.60. The van der Waals surface area contributed by atoms with Gasteiger partial charge in [0.05, 0.1) is 4.47 Å². The third-order valence-corrected chi connectivity index (χ3v) is 9.40. The van der Waals surface area contributed by atoms with Gasteiger partial charge < -0.3 is 10.6 Å². The maximum atomic E-state index is 11.9. The molecule has 4 nitrogen and oxygen atoms in total. The van der Waals surface area contributed by atoms with Crippen molar-refractivity contribution in [2.24, 2.45) is 28.6 Å². The van der Waals surface area contributed by atoms with Crippen LogP contribution in [0.25, 0.3) is 0 Å². The van der Waals surface area contributed by atoms with Crippen LogP contribution in [0.5, 0.6) is 0 Å². The molecule has 3 aliphatic carbocycles. The SMILES string of the molecule is C[C@]12C=CC(=O)NC1CC[C@@H]1[C@H]2CC[C@]2(C)C(Nc3ncccc3Br)CC[C@@H]12. The van der Waals surface area contributed by atoms with E-state index in [9.17, 15) is 4.79 Å². The molecule has 1 amide bonds. The number of carbonyl (C=O) groups is 1. The van der Waals surface area contributed by atoms with E-state index in [1.165, 1.54) is 32.1 Å². The largest absolute Gasteiger partial charge is 0.366 e. The van der Waals surface area contributed by atoms with Crippen molar-refractivity contribution in [3.05, 3.63) is 35.0 Å². The summed E-state index contributed by atoms with van der Waals surface area (Å²) in [6.07, 6.45) is 13.3. The summed E-state index contributed by atoms with van der Waals surface area (Å²) in [5, 5.41) is 7.04. The predicted octanol–water partition coefficient (Wildman–Crippen LogP) is 4.92. The zero-order valence-corrected chi connectivity index (χ0v) is 18.3. The number of carbonyl (C=O) groups excluding carboxylic acids is 1. The molecule has 5 rings (SSSR count). The predicted molar refractivity (Wildman–Crippen MR) is 115 cm³/mol. The van der Waals surface area contributed by atoms with Gasteiger partial charge in [0.25, 0.3) is 0 Å². The monoisotopic (exact) mass is 443 g/mol. The van der Waals surface area contributed by atoms with Crippen molar-refractivity contribution in [2.75, 3.05) is 5.32 Å². The van der Waals surface area contributed by atoms with Crippen LogP contribution in [-0.4, -0.2) is 23.0 Å². The molecule has 1 aromatic heterocycles. The molecular weight excluding hydrogens is 414 g/mol. The molecule has 0 radical (unpaired) electrons. The first-order chi connectivity index (χ1) is 13.4. The molecule has 3 saturated carbocycles. The maximum absolute atomic E-state index is 11.9. The number of anilines is 1. The van der Waals surface area contributed by atoms with Gasteiger partial charge in [-0.1, -0.05) is 19.9 Å². The molecule has 150 valence electrons. The quantitative estimate of drug-likeness (QED) is 0.681. The van der Waals surface area contributed by atoms with Crippen LogP contribution < -0.4 is 10.6 Å². The van der Waals surface area contributed by atoms with Crippen molar-refractivity contribution in [2.45, 2.75) is 64.5 Å². The molecule has 3 fully saturated rings. The first-order valence-electron chi connectivity index (χ1n) is 10.8. The van der Waals surface area contributed by atoms with Gasteiger partial charge in [0.1, 0.15) is 5.82 Å². The summed E-state index contributed by atoms with van der Waals surface area (Å²) < 4.78 is 1.05. The molecule has 5 heteroatoms. The lowest BCUT2D eigenvalue weighted by Crippen LogP contribution is -2.59. The number of nitrogens with one attached hydrogen (secondary N) is 2. The van der Waals surface area contributed by atoms with Crippen molar-refractivity contribution in [3.8, 4) is 0 Å². The van der Waals surface area contributed by atoms with Gasteiger partial charge in [-0.15, -0.1) is 0 Å². The third-order valence-electron chi connectivity index (χ3n) is 8.76. The second kappa shape index (κ2) is 6.58. The fourth-order valence-electron chi connectivity index (χ4n) is 7.23. The van der Waals surface area contributed by atoms with Gasteiger partial charge in [0, 0.05) is 23.7 Å². The van der Waals surface area contributed by atoms with Gasteiger partial charge in [0.15, 0.2) is 0 Å². The number of hydrogen-bond acceptors (Lipinski definition) is 3. The summed E-state index contributed by atoms with van der Waals surface area (Å²) in [5.74, 6) is 3.27. The number of hydrogen-bond donors (Lipinski definition) is 2. The Labute approximate surface area is 176 Å². The second-order valence-electron chi connectivity index (χ2n) is 9.87. The molecule has 0 spiro atoms. The van der Waals surface area contributed by atoms with Crippen LogP contribution in [0.15, 0.2) is 35.0 Å². The Morgan fingerprint density at radius 2 is 2.04 bits per heavy atom. The van der Waals surface area contributed by atoms with Crippen molar-refractivity contribution >= 4 is 27.7 Å². The lowest BCUT2D eigenvalue weighted by molar-refractivity contribution is -0.122. The van der Waals surface area contributed by atoms with Crippen LogP contribution in [0, 0.1) is 28.6 Å². The maximum Gasteiger partial charge on any atom is 0.243 e. The average molecular weight is 444 g/mol. The van der Waals surface area contributed by atoms with Crippen LogP contribution in [0.1, 0.15) is 52.4 Å². The zero-order valence-electron chi connectivity index (χ0n) is 16.7. The number of pyridine rings is 1. The van der Waals surface area contributed by atoms with Crippen LogP contribution in [0.3, 0.4) is 0 Å². The number of rotatable bonds is 2. The Morgan fingerprint density at radius 3 is 2.86 bits per heavy atom. The fraction of sp³-hybridized carbons (Fsp3) is 0.652. The van der Waals surface area contributed by atoms with E-state index >= 15 is 0 Å². The van der Waals surface area contributed by atoms with Gasteiger partial charge in [0.2, 0.25) is 5.91 Å². The summed E-state index contributed by atoms with van der Waals surface area (Å²) in [6, 6.07) is 4.83. The van der Waals surface area contributed by atoms with Crippen molar-refractivity contribution in [3.63, 3.8) is 0 Å². The first-order valence-corrected chi connectivity index (χ1v) is 11.6. The number of nitrogens with zero attached hydrogens (tertiary/aromatic N) is 1. The molecule has 0 bridgehead atoms. The standard InChI is InChI=1S/C23H30BrN3O/c1-22-11-9-16-14(5-7-18-23(16,2)12-10-20(28)26-18)15(22)6-8-19(22)27-21-17(24)4-3-13-25-21/h3-4,10,12-16,18-19H,5-9,11H2,1-2H3,(H,25,27)(H,26,28)/t14-,15-,16+,18?,19?,22-,23+/m0/s1. The minimum absolute atomic E-state index is 0.0904. The minimum Gasteiger partial charge on any atom is -0.366 e. The van der Waals surface area contributed by atoms with E-state index in [-0.39, 0.29) is 11.3 Å². The highest BCUT2D eigenvalue weighted by Crippen LogP contribution is 2.63. The van der Waals surface area contributed by atoms with Crippen molar-refractivity contribution < 1.29 is 4.79 Å². The first kappa shape index (κ1) is 18.7. The molecule has 1 aromatic rings. The molecule has 2 unspecified atom stereocenters. The lowest BCUT2D eigenvalue weighted by atomic mass is 9.48. The molecule has 0 saturated heterocycles. The smallest absolute Gasteiger partial charge is 0.243 e. The number of aromatic nitrogens is 1. The Kier molecular flexibility index (Phi) is 4.38. The third kappa shape index (κ3) is 2.68. The molecule has 2 heterocycles. The molecule has 0 aromatic carbocycles. The summed E-state index contributed by atoms with van der Waals surface area (Å²) in [4.78, 5) is 16.4. The number of halogens is 1. The van der Waals surface area contributed by atoms with E-state index in [4.69, 9.17) is 0 Å². The Morgan fingerprint density at radius 1 is 1.18 bits per heavy atom. The van der Waals surface area contributed by atoms with E-state index in [1.54, 1.807) is 6.08 Å². The lowest BCUT2D eigenvalue weighted by Gasteiger charge is -2.58. The van der Waals surface area contributed by atoms with E-state index in [2.05, 4.69) is 57.5 Å². The number of fused-ring (bicyclic) bond motifs is 5. The van der Waals surface area contributed by atoms with E-state index in [0.717, 1.165) is 28.5 Å². The van der Waals surface area contributed by atoms with Gasteiger partial charge in [-0.3, -0.25) is 4.79 Å². The Bertz CT molecular complexity index is 826. The van der Waals surface area contributed by atoms with E-state index in [0.29, 0.717) is 23.4 Å². The highest BCUT2D eigenvalue weighted by Gasteiger charge is 2.59. The van der Waals surface area contributed by atoms with E-state index < -0.39 is 0 Å². The van der Waals surface area contributed by atoms with Crippen molar-refractivity contribution in [1.82, 2.24) is 10.3 Å². The van der Waals surface area contributed by atoms with Crippen LogP contribution in [-0.2, 0) is 4.79 Å². The minimum atomic E-state index is 0.0904. The summed E-state index contributed by atoms with van der Waals surface area (Å²) in [5.41, 5.74) is 0.441. The Balaban J connectivity index is 1.40.